The maximum Gasteiger partial charge on any atom is 0.320 e. The largest absolute Gasteiger partial charge is 0.480 e. The molecule has 1 rings (SSSR count). The van der Waals surface area contributed by atoms with Crippen LogP contribution in [0.4, 0.5) is 0 Å². The molecule has 0 aromatic heterocycles. The van der Waals surface area contributed by atoms with Crippen LogP contribution in [0.1, 0.15) is 19.3 Å². The van der Waals surface area contributed by atoms with Gasteiger partial charge in [-0.05, 0) is 12.8 Å². The lowest BCUT2D eigenvalue weighted by Crippen LogP contribution is -2.37. The van der Waals surface area contributed by atoms with Gasteiger partial charge in [0.2, 0.25) is 0 Å². The monoisotopic (exact) mass is 249 g/mol. The highest BCUT2D eigenvalue weighted by Gasteiger charge is 2.31. The summed E-state index contributed by atoms with van der Waals surface area (Å²) in [6.07, 6.45) is 0.668. The minimum Gasteiger partial charge on any atom is -0.480 e. The number of Topliss-reactive ketones (excluding diaryl/α,β-unsaturated/α-hetero) is 1. The third kappa shape index (κ3) is 3.57. The molecule has 92 valence electrons. The Balaban J connectivity index is 2.58. The normalized spacial score (nSPS) is 25.9. The van der Waals surface area contributed by atoms with Crippen molar-refractivity contribution in [2.75, 3.05) is 11.5 Å². The van der Waals surface area contributed by atoms with Gasteiger partial charge in [-0.1, -0.05) is 0 Å². The van der Waals surface area contributed by atoms with Crippen molar-refractivity contribution < 1.29 is 23.1 Å². The Labute approximate surface area is 93.7 Å². The van der Waals surface area contributed by atoms with E-state index in [1.807, 2.05) is 0 Å². The zero-order valence-electron chi connectivity index (χ0n) is 8.76. The van der Waals surface area contributed by atoms with E-state index in [-0.39, 0.29) is 23.7 Å². The van der Waals surface area contributed by atoms with Crippen molar-refractivity contribution >= 4 is 21.6 Å². The molecule has 0 aromatic carbocycles. The molecule has 0 radical (unpaired) electrons. The second kappa shape index (κ2) is 4.92. The summed E-state index contributed by atoms with van der Waals surface area (Å²) in [6, 6.07) is -1.24. The van der Waals surface area contributed by atoms with E-state index in [2.05, 4.69) is 0 Å². The van der Waals surface area contributed by atoms with Crippen LogP contribution in [0.25, 0.3) is 0 Å². The lowest BCUT2D eigenvalue weighted by molar-refractivity contribution is -0.140. The van der Waals surface area contributed by atoms with Crippen molar-refractivity contribution in [1.82, 2.24) is 0 Å². The van der Waals surface area contributed by atoms with Gasteiger partial charge >= 0.3 is 5.97 Å². The number of carboxylic acids is 1. The fourth-order valence-corrected chi connectivity index (χ4v) is 3.49. The lowest BCUT2D eigenvalue weighted by Gasteiger charge is -2.21. The zero-order valence-corrected chi connectivity index (χ0v) is 9.57. The Morgan fingerprint density at radius 1 is 1.44 bits per heavy atom. The Morgan fingerprint density at radius 3 is 2.56 bits per heavy atom. The molecular formula is C9H15NO5S. The van der Waals surface area contributed by atoms with E-state index in [0.29, 0.717) is 12.8 Å². The fourth-order valence-electron chi connectivity index (χ4n) is 1.75. The van der Waals surface area contributed by atoms with E-state index in [1.165, 1.54) is 0 Å². The Hall–Kier alpha value is -0.950. The Kier molecular flexibility index (Phi) is 4.03. The number of carboxylic acid groups (broad SMARTS) is 1. The van der Waals surface area contributed by atoms with E-state index in [9.17, 15) is 18.0 Å². The van der Waals surface area contributed by atoms with Gasteiger partial charge in [0.25, 0.3) is 0 Å². The first kappa shape index (κ1) is 13.1. The summed E-state index contributed by atoms with van der Waals surface area (Å²) < 4.78 is 22.6. The number of nitrogens with two attached hydrogens (primary N) is 1. The van der Waals surface area contributed by atoms with Crippen molar-refractivity contribution in [1.29, 1.82) is 0 Å². The van der Waals surface area contributed by atoms with Gasteiger partial charge in [-0.25, -0.2) is 8.42 Å². The quantitative estimate of drug-likeness (QED) is 0.673. The van der Waals surface area contributed by atoms with Gasteiger partial charge in [0.05, 0.1) is 11.5 Å². The predicted molar refractivity (Wildman–Crippen MR) is 56.6 cm³/mol. The van der Waals surface area contributed by atoms with Gasteiger partial charge in [-0.3, -0.25) is 9.59 Å². The van der Waals surface area contributed by atoms with E-state index < -0.39 is 27.8 Å². The van der Waals surface area contributed by atoms with Crippen molar-refractivity contribution in [3.63, 3.8) is 0 Å². The zero-order chi connectivity index (χ0) is 12.3. The van der Waals surface area contributed by atoms with Crippen LogP contribution in [0.2, 0.25) is 0 Å². The number of hydrogen-bond donors (Lipinski definition) is 2. The number of rotatable bonds is 4. The number of carbonyl (C=O) groups excluding carboxylic acids is 1. The highest BCUT2D eigenvalue weighted by atomic mass is 32.2. The highest BCUT2D eigenvalue weighted by Crippen LogP contribution is 2.20. The second-order valence-electron chi connectivity index (χ2n) is 4.07. The van der Waals surface area contributed by atoms with Gasteiger partial charge in [-0.15, -0.1) is 0 Å². The summed E-state index contributed by atoms with van der Waals surface area (Å²) in [6.45, 7) is 0. The smallest absolute Gasteiger partial charge is 0.320 e. The summed E-state index contributed by atoms with van der Waals surface area (Å²) in [4.78, 5) is 22.0. The van der Waals surface area contributed by atoms with Crippen LogP contribution in [-0.4, -0.2) is 42.8 Å². The molecule has 3 N–H and O–H groups in total. The second-order valence-corrected chi connectivity index (χ2v) is 6.30. The van der Waals surface area contributed by atoms with Crippen LogP contribution in [0.3, 0.4) is 0 Å². The van der Waals surface area contributed by atoms with Crippen LogP contribution in [0.15, 0.2) is 0 Å². The maximum atomic E-state index is 11.6. The molecule has 2 unspecified atom stereocenters. The highest BCUT2D eigenvalue weighted by molar-refractivity contribution is 7.91. The summed E-state index contributed by atoms with van der Waals surface area (Å²) in [5.41, 5.74) is 5.22. The first-order chi connectivity index (χ1) is 7.32. The van der Waals surface area contributed by atoms with E-state index >= 15 is 0 Å². The van der Waals surface area contributed by atoms with Crippen LogP contribution < -0.4 is 5.73 Å². The average Bonchev–Trinajstić information content (AvgIpc) is 2.15. The molecule has 1 saturated heterocycles. The molecule has 1 fully saturated rings. The fraction of sp³-hybridized carbons (Fsp3) is 0.778. The Bertz CT molecular complexity index is 389. The molecule has 0 aliphatic carbocycles. The van der Waals surface area contributed by atoms with Crippen LogP contribution in [0, 0.1) is 5.92 Å². The molecule has 0 bridgehead atoms. The summed E-state index contributed by atoms with van der Waals surface area (Å²) in [5, 5.41) is 8.54. The van der Waals surface area contributed by atoms with Crippen LogP contribution in [-0.2, 0) is 19.4 Å². The number of hydrogen-bond acceptors (Lipinski definition) is 5. The summed E-state index contributed by atoms with van der Waals surface area (Å²) in [5.74, 6) is -2.24. The molecule has 2 atom stereocenters. The molecule has 1 heterocycles. The Morgan fingerprint density at radius 2 is 2.06 bits per heavy atom. The molecular weight excluding hydrogens is 234 g/mol. The SMILES string of the molecule is NC(CC(=O)C1CCCS(=O)(=O)C1)C(=O)O. The third-order valence-corrected chi connectivity index (χ3v) is 4.48. The van der Waals surface area contributed by atoms with Crippen LogP contribution >= 0.6 is 0 Å². The molecule has 0 aromatic rings. The number of carbonyl (C=O) groups is 2. The first-order valence-electron chi connectivity index (χ1n) is 5.03. The molecule has 16 heavy (non-hydrogen) atoms. The standard InChI is InChI=1S/C9H15NO5S/c10-7(9(12)13)4-8(11)6-2-1-3-16(14,15)5-6/h6-7H,1-5,10H2,(H,12,13). The minimum atomic E-state index is -3.14. The summed E-state index contributed by atoms with van der Waals surface area (Å²) >= 11 is 0. The molecule has 1 aliphatic rings. The van der Waals surface area contributed by atoms with Gasteiger partial charge in [0, 0.05) is 12.3 Å². The van der Waals surface area contributed by atoms with Crippen molar-refractivity contribution in [3.05, 3.63) is 0 Å². The number of sulfone groups is 1. The molecule has 6 nitrogen and oxygen atoms in total. The van der Waals surface area contributed by atoms with Gasteiger partial charge < -0.3 is 10.8 Å². The molecule has 7 heteroatoms. The predicted octanol–water partition coefficient (Wildman–Crippen LogP) is -0.818. The maximum absolute atomic E-state index is 11.6. The first-order valence-corrected chi connectivity index (χ1v) is 6.85. The third-order valence-electron chi connectivity index (χ3n) is 2.66. The summed E-state index contributed by atoms with van der Waals surface area (Å²) in [7, 11) is -3.14. The van der Waals surface area contributed by atoms with E-state index in [1.54, 1.807) is 0 Å². The number of aliphatic carboxylic acids is 1. The molecule has 0 amide bonds. The van der Waals surface area contributed by atoms with Crippen molar-refractivity contribution in [2.45, 2.75) is 25.3 Å². The topological polar surface area (TPSA) is 115 Å². The van der Waals surface area contributed by atoms with E-state index in [0.717, 1.165) is 0 Å². The molecule has 1 aliphatic heterocycles. The minimum absolute atomic E-state index is 0.113. The lowest BCUT2D eigenvalue weighted by atomic mass is 9.95. The van der Waals surface area contributed by atoms with Crippen molar-refractivity contribution in [2.24, 2.45) is 11.7 Å². The average molecular weight is 249 g/mol. The van der Waals surface area contributed by atoms with Gasteiger partial charge in [0.15, 0.2) is 9.84 Å². The molecule has 0 spiro atoms. The molecule has 0 saturated carbocycles. The van der Waals surface area contributed by atoms with Crippen molar-refractivity contribution in [3.8, 4) is 0 Å². The van der Waals surface area contributed by atoms with Gasteiger partial charge in [-0.2, -0.15) is 0 Å². The van der Waals surface area contributed by atoms with Crippen LogP contribution in [0.5, 0.6) is 0 Å². The van der Waals surface area contributed by atoms with E-state index in [4.69, 9.17) is 10.8 Å². The number of ketones is 1. The van der Waals surface area contributed by atoms with Gasteiger partial charge in [0.1, 0.15) is 11.8 Å².